The highest BCUT2D eigenvalue weighted by Crippen LogP contribution is 2.20. The number of methoxy groups -OCH3 is 1. The molecular formula is C9H10F2N2O3. The van der Waals surface area contributed by atoms with Gasteiger partial charge in [-0.15, -0.1) is 0 Å². The fourth-order valence-corrected chi connectivity index (χ4v) is 1.23. The summed E-state index contributed by atoms with van der Waals surface area (Å²) < 4.78 is 29.4. The van der Waals surface area contributed by atoms with Gasteiger partial charge in [-0.1, -0.05) is 0 Å². The molecular weight excluding hydrogens is 222 g/mol. The van der Waals surface area contributed by atoms with E-state index >= 15 is 0 Å². The monoisotopic (exact) mass is 232 g/mol. The van der Waals surface area contributed by atoms with Crippen molar-refractivity contribution in [3.05, 3.63) is 33.2 Å². The lowest BCUT2D eigenvalue weighted by Gasteiger charge is -2.07. The molecule has 0 amide bonds. The summed E-state index contributed by atoms with van der Waals surface area (Å²) in [6.07, 6.45) is -3.05. The van der Waals surface area contributed by atoms with E-state index in [0.717, 1.165) is 13.2 Å². The van der Waals surface area contributed by atoms with Crippen LogP contribution in [0.25, 0.3) is 0 Å². The van der Waals surface area contributed by atoms with Crippen LogP contribution in [0.1, 0.15) is 28.0 Å². The number of aromatic amines is 1. The van der Waals surface area contributed by atoms with E-state index in [0.29, 0.717) is 0 Å². The molecule has 1 heterocycles. The van der Waals surface area contributed by atoms with Gasteiger partial charge in [-0.05, 0) is 6.07 Å². The van der Waals surface area contributed by atoms with Crippen molar-refractivity contribution in [2.45, 2.75) is 13.0 Å². The summed E-state index contributed by atoms with van der Waals surface area (Å²) in [5.41, 5.74) is 3.05. The number of esters is 1. The number of nitrogens with one attached hydrogen (secondary N) is 1. The van der Waals surface area contributed by atoms with Crippen LogP contribution in [-0.4, -0.2) is 18.1 Å². The minimum Gasteiger partial charge on any atom is -0.465 e. The molecule has 1 rings (SSSR count). The first-order chi connectivity index (χ1) is 7.51. The van der Waals surface area contributed by atoms with Gasteiger partial charge in [0.2, 0.25) is 0 Å². The van der Waals surface area contributed by atoms with Crippen molar-refractivity contribution in [1.29, 1.82) is 0 Å². The first-order valence-electron chi connectivity index (χ1n) is 4.33. The zero-order valence-electron chi connectivity index (χ0n) is 8.42. The van der Waals surface area contributed by atoms with Gasteiger partial charge in [0.1, 0.15) is 0 Å². The molecule has 0 unspecified atom stereocenters. The van der Waals surface area contributed by atoms with Gasteiger partial charge in [-0.25, -0.2) is 13.6 Å². The summed E-state index contributed by atoms with van der Waals surface area (Å²) in [4.78, 5) is 24.7. The largest absolute Gasteiger partial charge is 0.465 e. The van der Waals surface area contributed by atoms with Gasteiger partial charge >= 0.3 is 5.97 Å². The van der Waals surface area contributed by atoms with Gasteiger partial charge in [-0.2, -0.15) is 0 Å². The van der Waals surface area contributed by atoms with Crippen LogP contribution in [0.3, 0.4) is 0 Å². The number of nitrogens with two attached hydrogens (primary N) is 1. The second-order valence-corrected chi connectivity index (χ2v) is 2.95. The van der Waals surface area contributed by atoms with Crippen LogP contribution in [0.5, 0.6) is 0 Å². The van der Waals surface area contributed by atoms with E-state index in [1.165, 1.54) is 0 Å². The van der Waals surface area contributed by atoms with Crippen molar-refractivity contribution in [2.75, 3.05) is 7.11 Å². The maximum absolute atomic E-state index is 12.6. The van der Waals surface area contributed by atoms with Crippen LogP contribution in [0.4, 0.5) is 8.78 Å². The van der Waals surface area contributed by atoms with E-state index in [4.69, 9.17) is 5.73 Å². The molecule has 7 heteroatoms. The molecule has 0 aliphatic rings. The Hall–Kier alpha value is -1.76. The summed E-state index contributed by atoms with van der Waals surface area (Å²) >= 11 is 0. The third-order valence-electron chi connectivity index (χ3n) is 1.97. The Balaban J connectivity index is 3.46. The summed E-state index contributed by atoms with van der Waals surface area (Å²) in [5.74, 6) is -0.990. The van der Waals surface area contributed by atoms with E-state index in [1.807, 2.05) is 0 Å². The number of carbonyl (C=O) groups is 1. The molecule has 0 atom stereocenters. The second kappa shape index (κ2) is 4.84. The molecule has 3 N–H and O–H groups in total. The lowest BCUT2D eigenvalue weighted by Crippen LogP contribution is -2.22. The number of halogens is 2. The number of alkyl halides is 2. The smallest absolute Gasteiger partial charge is 0.338 e. The summed E-state index contributed by atoms with van der Waals surface area (Å²) in [6.45, 7) is -0.0667. The van der Waals surface area contributed by atoms with Gasteiger partial charge in [0.15, 0.2) is 0 Å². The standard InChI is InChI=1S/C9H10F2N2O3/c1-16-9(15)5-2-4(3-12)13-8(14)6(5)7(10)11/h2,7H,3,12H2,1H3,(H,13,14). The number of hydrogen-bond acceptors (Lipinski definition) is 4. The quantitative estimate of drug-likeness (QED) is 0.745. The summed E-state index contributed by atoms with van der Waals surface area (Å²) in [7, 11) is 1.04. The molecule has 5 nitrogen and oxygen atoms in total. The maximum atomic E-state index is 12.6. The molecule has 0 spiro atoms. The Morgan fingerprint density at radius 2 is 2.25 bits per heavy atom. The van der Waals surface area contributed by atoms with E-state index in [-0.39, 0.29) is 12.2 Å². The molecule has 16 heavy (non-hydrogen) atoms. The topological polar surface area (TPSA) is 85.2 Å². The molecule has 0 aliphatic heterocycles. The third kappa shape index (κ3) is 2.25. The average molecular weight is 232 g/mol. The van der Waals surface area contributed by atoms with E-state index < -0.39 is 29.1 Å². The first kappa shape index (κ1) is 12.3. The van der Waals surface area contributed by atoms with Crippen molar-refractivity contribution in [1.82, 2.24) is 4.98 Å². The Kier molecular flexibility index (Phi) is 3.73. The number of hydrogen-bond donors (Lipinski definition) is 2. The molecule has 0 aromatic carbocycles. The molecule has 1 aromatic heterocycles. The Morgan fingerprint density at radius 1 is 1.62 bits per heavy atom. The van der Waals surface area contributed by atoms with Crippen molar-refractivity contribution < 1.29 is 18.3 Å². The average Bonchev–Trinajstić information content (AvgIpc) is 2.26. The van der Waals surface area contributed by atoms with Crippen molar-refractivity contribution >= 4 is 5.97 Å². The van der Waals surface area contributed by atoms with Crippen molar-refractivity contribution in [3.8, 4) is 0 Å². The predicted molar refractivity (Wildman–Crippen MR) is 51.3 cm³/mol. The number of ether oxygens (including phenoxy) is 1. The van der Waals surface area contributed by atoms with Gasteiger partial charge in [0, 0.05) is 12.2 Å². The van der Waals surface area contributed by atoms with Crippen molar-refractivity contribution in [3.63, 3.8) is 0 Å². The molecule has 0 fully saturated rings. The fraction of sp³-hybridized carbons (Fsp3) is 0.333. The van der Waals surface area contributed by atoms with Gasteiger partial charge in [0.05, 0.1) is 18.2 Å². The molecule has 0 saturated carbocycles. The van der Waals surface area contributed by atoms with Crippen molar-refractivity contribution in [2.24, 2.45) is 5.73 Å². The lowest BCUT2D eigenvalue weighted by atomic mass is 10.1. The number of rotatable bonds is 3. The predicted octanol–water partition coefficient (Wildman–Crippen LogP) is 0.558. The SMILES string of the molecule is COC(=O)c1cc(CN)[nH]c(=O)c1C(F)F. The zero-order chi connectivity index (χ0) is 12.3. The molecule has 88 valence electrons. The number of aromatic nitrogens is 1. The normalized spacial score (nSPS) is 10.6. The molecule has 0 aliphatic carbocycles. The Morgan fingerprint density at radius 3 is 2.69 bits per heavy atom. The Bertz CT molecular complexity index is 457. The van der Waals surface area contributed by atoms with E-state index in [1.54, 1.807) is 0 Å². The minimum atomic E-state index is -3.05. The highest BCUT2D eigenvalue weighted by Gasteiger charge is 2.23. The van der Waals surface area contributed by atoms with Crippen LogP contribution in [0, 0.1) is 0 Å². The molecule has 1 aromatic rings. The van der Waals surface area contributed by atoms with Crippen LogP contribution < -0.4 is 11.3 Å². The highest BCUT2D eigenvalue weighted by molar-refractivity contribution is 5.91. The van der Waals surface area contributed by atoms with E-state index in [2.05, 4.69) is 9.72 Å². The van der Waals surface area contributed by atoms with Gasteiger partial charge < -0.3 is 15.5 Å². The van der Waals surface area contributed by atoms with Gasteiger partial charge in [0.25, 0.3) is 12.0 Å². The number of pyridine rings is 1. The third-order valence-corrected chi connectivity index (χ3v) is 1.97. The fourth-order valence-electron chi connectivity index (χ4n) is 1.23. The van der Waals surface area contributed by atoms with Crippen LogP contribution in [0.15, 0.2) is 10.9 Å². The van der Waals surface area contributed by atoms with E-state index in [9.17, 15) is 18.4 Å². The molecule has 0 bridgehead atoms. The zero-order valence-corrected chi connectivity index (χ0v) is 8.42. The number of carbonyl (C=O) groups excluding carboxylic acids is 1. The first-order valence-corrected chi connectivity index (χ1v) is 4.33. The van der Waals surface area contributed by atoms with Crippen LogP contribution in [-0.2, 0) is 11.3 Å². The molecule has 0 saturated heterocycles. The second-order valence-electron chi connectivity index (χ2n) is 2.95. The summed E-state index contributed by atoms with van der Waals surface area (Å²) in [5, 5.41) is 0. The highest BCUT2D eigenvalue weighted by atomic mass is 19.3. The Labute approximate surface area is 89.2 Å². The maximum Gasteiger partial charge on any atom is 0.338 e. The van der Waals surface area contributed by atoms with Crippen LogP contribution in [0.2, 0.25) is 0 Å². The summed E-state index contributed by atoms with van der Waals surface area (Å²) in [6, 6.07) is 1.09. The number of H-pyrrole nitrogens is 1. The van der Waals surface area contributed by atoms with Gasteiger partial charge in [-0.3, -0.25) is 4.79 Å². The minimum absolute atomic E-state index is 0.0667. The van der Waals surface area contributed by atoms with Crippen LogP contribution >= 0.6 is 0 Å². The lowest BCUT2D eigenvalue weighted by molar-refractivity contribution is 0.0588. The molecule has 0 radical (unpaired) electrons.